The van der Waals surface area contributed by atoms with Gasteiger partial charge in [0.25, 0.3) is 0 Å². The Bertz CT molecular complexity index is 1390. The van der Waals surface area contributed by atoms with Crippen LogP contribution in [0.1, 0.15) is 29.3 Å². The summed E-state index contributed by atoms with van der Waals surface area (Å²) in [6.45, 7) is 0.179. The number of aromatic nitrogens is 4. The smallest absolute Gasteiger partial charge is 0.168 e. The highest BCUT2D eigenvalue weighted by Crippen LogP contribution is 2.42. The molecule has 0 saturated carbocycles. The molecule has 0 unspecified atom stereocenters. The van der Waals surface area contributed by atoms with Gasteiger partial charge in [-0.2, -0.15) is 0 Å². The lowest BCUT2D eigenvalue weighted by Crippen LogP contribution is -2.35. The van der Waals surface area contributed by atoms with Crippen molar-refractivity contribution in [2.75, 3.05) is 6.61 Å². The molecule has 37 heavy (non-hydrogen) atoms. The van der Waals surface area contributed by atoms with Crippen LogP contribution in [0.3, 0.4) is 0 Å². The van der Waals surface area contributed by atoms with Crippen LogP contribution in [-0.4, -0.2) is 38.4 Å². The maximum atomic E-state index is 15.3. The molecule has 1 fully saturated rings. The molecule has 0 radical (unpaired) electrons. The maximum Gasteiger partial charge on any atom is 0.168 e. The molecule has 8 heteroatoms. The molecule has 1 aliphatic heterocycles. The molecule has 3 aromatic carbocycles. The SMILES string of the molecule is F[C@H]1C[C@@H](COC(c2ccccc2)(c2ccccc2)c2ccccc2)O[C@H]1n1cnc2c(Cl)ncnc21. The molecule has 1 saturated heterocycles. The van der Waals surface area contributed by atoms with Gasteiger partial charge >= 0.3 is 0 Å². The van der Waals surface area contributed by atoms with Crippen molar-refractivity contribution in [3.8, 4) is 0 Å². The van der Waals surface area contributed by atoms with E-state index in [1.54, 1.807) is 4.57 Å². The minimum Gasteiger partial charge on any atom is -0.358 e. The van der Waals surface area contributed by atoms with Crippen molar-refractivity contribution in [1.29, 1.82) is 0 Å². The Morgan fingerprint density at radius 1 is 0.865 bits per heavy atom. The fraction of sp³-hybridized carbons (Fsp3) is 0.207. The van der Waals surface area contributed by atoms with E-state index in [0.717, 1.165) is 16.7 Å². The topological polar surface area (TPSA) is 62.1 Å². The first kappa shape index (κ1) is 23.7. The number of hydrogen-bond donors (Lipinski definition) is 0. The van der Waals surface area contributed by atoms with Crippen LogP contribution in [0.5, 0.6) is 0 Å². The van der Waals surface area contributed by atoms with E-state index in [1.807, 2.05) is 54.6 Å². The Balaban J connectivity index is 1.34. The number of nitrogens with zero attached hydrogens (tertiary/aromatic N) is 4. The highest BCUT2D eigenvalue weighted by Gasteiger charge is 2.42. The Morgan fingerprint density at radius 3 is 2.00 bits per heavy atom. The van der Waals surface area contributed by atoms with Gasteiger partial charge in [0, 0.05) is 6.42 Å². The number of alkyl halides is 1. The van der Waals surface area contributed by atoms with Gasteiger partial charge in [0.15, 0.2) is 17.0 Å². The first-order valence-electron chi connectivity index (χ1n) is 12.1. The van der Waals surface area contributed by atoms with Gasteiger partial charge in [0.05, 0.1) is 19.0 Å². The molecular formula is C29H24ClFN4O2. The molecule has 0 amide bonds. The van der Waals surface area contributed by atoms with Gasteiger partial charge in [-0.15, -0.1) is 0 Å². The zero-order chi connectivity index (χ0) is 25.2. The number of benzene rings is 3. The van der Waals surface area contributed by atoms with E-state index in [2.05, 4.69) is 51.4 Å². The molecule has 0 bridgehead atoms. The van der Waals surface area contributed by atoms with Crippen LogP contribution < -0.4 is 0 Å². The summed E-state index contributed by atoms with van der Waals surface area (Å²) in [4.78, 5) is 12.4. The molecular weight excluding hydrogens is 491 g/mol. The predicted molar refractivity (Wildman–Crippen MR) is 139 cm³/mol. The number of halogens is 2. The molecule has 6 rings (SSSR count). The largest absolute Gasteiger partial charge is 0.358 e. The lowest BCUT2D eigenvalue weighted by atomic mass is 9.80. The van der Waals surface area contributed by atoms with Crippen molar-refractivity contribution >= 4 is 22.8 Å². The van der Waals surface area contributed by atoms with E-state index in [9.17, 15) is 0 Å². The first-order valence-corrected chi connectivity index (χ1v) is 12.5. The van der Waals surface area contributed by atoms with Crippen molar-refractivity contribution in [3.63, 3.8) is 0 Å². The van der Waals surface area contributed by atoms with Gasteiger partial charge in [-0.1, -0.05) is 103 Å². The van der Waals surface area contributed by atoms with E-state index < -0.39 is 24.1 Å². The van der Waals surface area contributed by atoms with Crippen LogP contribution in [0.4, 0.5) is 4.39 Å². The van der Waals surface area contributed by atoms with Crippen LogP contribution in [-0.2, 0) is 15.1 Å². The molecule has 186 valence electrons. The number of rotatable bonds is 7. The van der Waals surface area contributed by atoms with Gasteiger partial charge in [-0.25, -0.2) is 19.3 Å². The van der Waals surface area contributed by atoms with Gasteiger partial charge in [-0.3, -0.25) is 4.57 Å². The summed E-state index contributed by atoms with van der Waals surface area (Å²) < 4.78 is 29.9. The van der Waals surface area contributed by atoms with Gasteiger partial charge in [-0.05, 0) is 16.7 Å². The third-order valence-corrected chi connectivity index (χ3v) is 7.02. The Kier molecular flexibility index (Phi) is 6.42. The second-order valence-electron chi connectivity index (χ2n) is 8.98. The lowest BCUT2D eigenvalue weighted by molar-refractivity contribution is -0.0804. The van der Waals surface area contributed by atoms with E-state index in [0.29, 0.717) is 11.2 Å². The van der Waals surface area contributed by atoms with Crippen LogP contribution in [0.2, 0.25) is 5.15 Å². The summed E-state index contributed by atoms with van der Waals surface area (Å²) in [6, 6.07) is 30.2. The molecule has 3 heterocycles. The first-order chi connectivity index (χ1) is 18.2. The van der Waals surface area contributed by atoms with E-state index >= 15 is 4.39 Å². The lowest BCUT2D eigenvalue weighted by Gasteiger charge is -2.36. The summed E-state index contributed by atoms with van der Waals surface area (Å²) in [6.07, 6.45) is 0.374. The predicted octanol–water partition coefficient (Wildman–Crippen LogP) is 6.11. The van der Waals surface area contributed by atoms with Crippen molar-refractivity contribution in [2.24, 2.45) is 0 Å². The summed E-state index contributed by atoms with van der Waals surface area (Å²) in [5.74, 6) is 0. The Labute approximate surface area is 218 Å². The quantitative estimate of drug-likeness (QED) is 0.193. The molecule has 2 aromatic heterocycles. The number of fused-ring (bicyclic) bond motifs is 1. The molecule has 1 aliphatic rings. The van der Waals surface area contributed by atoms with Crippen molar-refractivity contribution in [3.05, 3.63) is 125 Å². The van der Waals surface area contributed by atoms with Crippen molar-refractivity contribution in [2.45, 2.75) is 30.5 Å². The van der Waals surface area contributed by atoms with E-state index in [-0.39, 0.29) is 18.2 Å². The van der Waals surface area contributed by atoms with Crippen molar-refractivity contribution in [1.82, 2.24) is 19.5 Å². The van der Waals surface area contributed by atoms with Crippen LogP contribution in [0, 0.1) is 0 Å². The standard InChI is InChI=1S/C29H24ClFN4O2/c30-26-25-27(33-18-32-26)35(19-34-25)28-24(31)16-23(37-28)17-36-29(20-10-4-1-5-11-20,21-12-6-2-7-13-21)22-14-8-3-9-15-22/h1-15,18-19,23-24,28H,16-17H2/t23-,24-,28+/m0/s1. The number of hydrogen-bond acceptors (Lipinski definition) is 5. The minimum absolute atomic E-state index is 0.178. The van der Waals surface area contributed by atoms with Crippen molar-refractivity contribution < 1.29 is 13.9 Å². The second kappa shape index (κ2) is 10.0. The van der Waals surface area contributed by atoms with E-state index in [4.69, 9.17) is 21.1 Å². The number of ether oxygens (including phenoxy) is 2. The summed E-state index contributed by atoms with van der Waals surface area (Å²) in [5.41, 5.74) is 2.87. The van der Waals surface area contributed by atoms with E-state index in [1.165, 1.54) is 12.7 Å². The van der Waals surface area contributed by atoms with Gasteiger partial charge in [0.1, 0.15) is 23.6 Å². The summed E-state index contributed by atoms with van der Waals surface area (Å²) >= 11 is 6.14. The molecule has 0 N–H and O–H groups in total. The highest BCUT2D eigenvalue weighted by molar-refractivity contribution is 6.33. The number of imidazole rings is 1. The fourth-order valence-electron chi connectivity index (χ4n) is 5.05. The maximum absolute atomic E-state index is 15.3. The normalized spacial score (nSPS) is 19.9. The third-order valence-electron chi connectivity index (χ3n) is 6.74. The second-order valence-corrected chi connectivity index (χ2v) is 9.34. The molecule has 5 aromatic rings. The Morgan fingerprint density at radius 2 is 1.43 bits per heavy atom. The highest BCUT2D eigenvalue weighted by atomic mass is 35.5. The van der Waals surface area contributed by atoms with Gasteiger partial charge in [0.2, 0.25) is 0 Å². The molecule has 3 atom stereocenters. The Hall–Kier alpha value is -3.65. The summed E-state index contributed by atoms with van der Waals surface area (Å²) in [5, 5.41) is 0.218. The molecule has 0 spiro atoms. The average Bonchev–Trinajstić information content (AvgIpc) is 3.54. The van der Waals surface area contributed by atoms with Crippen LogP contribution in [0.15, 0.2) is 104 Å². The molecule has 6 nitrogen and oxygen atoms in total. The minimum atomic E-state index is -1.26. The zero-order valence-corrected chi connectivity index (χ0v) is 20.6. The zero-order valence-electron chi connectivity index (χ0n) is 19.8. The fourth-order valence-corrected chi connectivity index (χ4v) is 5.23. The molecule has 0 aliphatic carbocycles. The third kappa shape index (κ3) is 4.29. The monoisotopic (exact) mass is 514 g/mol. The summed E-state index contributed by atoms with van der Waals surface area (Å²) in [7, 11) is 0. The van der Waals surface area contributed by atoms with Gasteiger partial charge < -0.3 is 9.47 Å². The average molecular weight is 515 g/mol. The van der Waals surface area contributed by atoms with Crippen LogP contribution >= 0.6 is 11.6 Å². The van der Waals surface area contributed by atoms with Crippen LogP contribution in [0.25, 0.3) is 11.2 Å².